The molecule has 3 N–H and O–H groups in total. The molecule has 0 amide bonds. The SMILES string of the molecule is COC(=O)c1cccc(Nc2nccc3c(N)cccc23)c1. The van der Waals surface area contributed by atoms with E-state index < -0.39 is 0 Å². The molecule has 5 nitrogen and oxygen atoms in total. The zero-order valence-electron chi connectivity index (χ0n) is 12.0. The monoisotopic (exact) mass is 293 g/mol. The maximum atomic E-state index is 11.6. The van der Waals surface area contributed by atoms with E-state index in [4.69, 9.17) is 10.5 Å². The van der Waals surface area contributed by atoms with E-state index in [0.29, 0.717) is 17.1 Å². The van der Waals surface area contributed by atoms with Crippen LogP contribution >= 0.6 is 0 Å². The van der Waals surface area contributed by atoms with E-state index in [-0.39, 0.29) is 5.97 Å². The molecule has 1 aromatic heterocycles. The summed E-state index contributed by atoms with van der Waals surface area (Å²) in [5, 5.41) is 5.08. The number of pyridine rings is 1. The molecule has 0 bridgehead atoms. The number of nitrogens with zero attached hydrogens (tertiary/aromatic N) is 1. The number of nitrogens with two attached hydrogens (primary N) is 1. The Hall–Kier alpha value is -3.08. The standard InChI is InChI=1S/C17H15N3O2/c1-22-17(21)11-4-2-5-12(10-11)20-16-14-6-3-7-15(18)13(14)8-9-19-16/h2-10H,18H2,1H3,(H,19,20). The molecule has 0 saturated heterocycles. The lowest BCUT2D eigenvalue weighted by molar-refractivity contribution is 0.0601. The zero-order chi connectivity index (χ0) is 15.5. The van der Waals surface area contributed by atoms with Gasteiger partial charge in [-0.25, -0.2) is 9.78 Å². The number of carbonyl (C=O) groups excluding carboxylic acids is 1. The van der Waals surface area contributed by atoms with Gasteiger partial charge in [0, 0.05) is 28.3 Å². The van der Waals surface area contributed by atoms with Gasteiger partial charge in [-0.1, -0.05) is 18.2 Å². The van der Waals surface area contributed by atoms with Gasteiger partial charge in [0.2, 0.25) is 0 Å². The minimum Gasteiger partial charge on any atom is -0.465 e. The van der Waals surface area contributed by atoms with E-state index in [1.165, 1.54) is 7.11 Å². The third-order valence-corrected chi connectivity index (χ3v) is 3.39. The van der Waals surface area contributed by atoms with Crippen molar-refractivity contribution in [2.45, 2.75) is 0 Å². The van der Waals surface area contributed by atoms with E-state index in [1.807, 2.05) is 30.3 Å². The normalized spacial score (nSPS) is 10.4. The molecule has 0 atom stereocenters. The highest BCUT2D eigenvalue weighted by Crippen LogP contribution is 2.28. The van der Waals surface area contributed by atoms with Crippen molar-refractivity contribution in [3.8, 4) is 0 Å². The maximum absolute atomic E-state index is 11.6. The summed E-state index contributed by atoms with van der Waals surface area (Å²) in [5.41, 5.74) is 7.92. The number of fused-ring (bicyclic) bond motifs is 1. The molecule has 0 spiro atoms. The number of ether oxygens (including phenoxy) is 1. The highest BCUT2D eigenvalue weighted by molar-refractivity contribution is 6.00. The van der Waals surface area contributed by atoms with Crippen LogP contribution in [-0.2, 0) is 4.74 Å². The van der Waals surface area contributed by atoms with Gasteiger partial charge in [0.1, 0.15) is 5.82 Å². The number of aromatic nitrogens is 1. The van der Waals surface area contributed by atoms with E-state index in [9.17, 15) is 4.79 Å². The van der Waals surface area contributed by atoms with Crippen molar-refractivity contribution in [1.29, 1.82) is 0 Å². The molecule has 3 aromatic rings. The topological polar surface area (TPSA) is 77.2 Å². The quantitative estimate of drug-likeness (QED) is 0.572. The van der Waals surface area contributed by atoms with Crippen molar-refractivity contribution < 1.29 is 9.53 Å². The minimum atomic E-state index is -0.376. The summed E-state index contributed by atoms with van der Waals surface area (Å²) in [6, 6.07) is 14.6. The lowest BCUT2D eigenvalue weighted by atomic mass is 10.1. The van der Waals surface area contributed by atoms with Gasteiger partial charge in [0.05, 0.1) is 12.7 Å². The first kappa shape index (κ1) is 13.9. The van der Waals surface area contributed by atoms with Crippen LogP contribution in [0.3, 0.4) is 0 Å². The van der Waals surface area contributed by atoms with Crippen LogP contribution in [0.25, 0.3) is 10.8 Å². The number of esters is 1. The second-order valence-electron chi connectivity index (χ2n) is 4.80. The number of anilines is 3. The van der Waals surface area contributed by atoms with Gasteiger partial charge >= 0.3 is 5.97 Å². The number of hydrogen-bond donors (Lipinski definition) is 2. The Labute approximate surface area is 127 Å². The molecule has 2 aromatic carbocycles. The van der Waals surface area contributed by atoms with Crippen molar-refractivity contribution in [3.63, 3.8) is 0 Å². The van der Waals surface area contributed by atoms with Crippen LogP contribution in [0, 0.1) is 0 Å². The Morgan fingerprint density at radius 3 is 2.77 bits per heavy atom. The van der Waals surface area contributed by atoms with Crippen LogP contribution in [0.15, 0.2) is 54.7 Å². The van der Waals surface area contributed by atoms with Crippen LogP contribution in [0.5, 0.6) is 0 Å². The number of hydrogen-bond acceptors (Lipinski definition) is 5. The first-order valence-electron chi connectivity index (χ1n) is 6.77. The van der Waals surface area contributed by atoms with Crippen LogP contribution in [0.1, 0.15) is 10.4 Å². The predicted octanol–water partition coefficient (Wildman–Crippen LogP) is 3.35. The van der Waals surface area contributed by atoms with E-state index in [2.05, 4.69) is 10.3 Å². The van der Waals surface area contributed by atoms with Crippen LogP contribution in [0.4, 0.5) is 17.2 Å². The summed E-state index contributed by atoms with van der Waals surface area (Å²) in [7, 11) is 1.36. The van der Waals surface area contributed by atoms with Gasteiger partial charge in [0.15, 0.2) is 0 Å². The summed E-state index contributed by atoms with van der Waals surface area (Å²) in [6.07, 6.45) is 1.70. The Kier molecular flexibility index (Phi) is 3.62. The number of carbonyl (C=O) groups is 1. The molecular weight excluding hydrogens is 278 g/mol. The number of benzene rings is 2. The zero-order valence-corrected chi connectivity index (χ0v) is 12.0. The van der Waals surface area contributed by atoms with Crippen molar-refractivity contribution in [2.24, 2.45) is 0 Å². The Morgan fingerprint density at radius 1 is 1.14 bits per heavy atom. The molecule has 110 valence electrons. The van der Waals surface area contributed by atoms with E-state index >= 15 is 0 Å². The smallest absolute Gasteiger partial charge is 0.337 e. The molecule has 0 aliphatic carbocycles. The van der Waals surface area contributed by atoms with Crippen molar-refractivity contribution in [2.75, 3.05) is 18.2 Å². The fraction of sp³-hybridized carbons (Fsp3) is 0.0588. The average Bonchev–Trinajstić information content (AvgIpc) is 2.55. The maximum Gasteiger partial charge on any atom is 0.337 e. The second-order valence-corrected chi connectivity index (χ2v) is 4.80. The third kappa shape index (κ3) is 2.56. The average molecular weight is 293 g/mol. The first-order valence-corrected chi connectivity index (χ1v) is 6.77. The molecule has 3 rings (SSSR count). The predicted molar refractivity (Wildman–Crippen MR) is 87.2 cm³/mol. The summed E-state index contributed by atoms with van der Waals surface area (Å²) in [5.74, 6) is 0.311. The minimum absolute atomic E-state index is 0.376. The van der Waals surface area contributed by atoms with E-state index in [0.717, 1.165) is 16.5 Å². The van der Waals surface area contributed by atoms with Gasteiger partial charge in [-0.3, -0.25) is 0 Å². The Bertz CT molecular complexity index is 846. The molecule has 0 aliphatic heterocycles. The van der Waals surface area contributed by atoms with E-state index in [1.54, 1.807) is 24.4 Å². The van der Waals surface area contributed by atoms with Crippen LogP contribution < -0.4 is 11.1 Å². The fourth-order valence-corrected chi connectivity index (χ4v) is 2.31. The van der Waals surface area contributed by atoms with Gasteiger partial charge < -0.3 is 15.8 Å². The number of nitrogens with one attached hydrogen (secondary N) is 1. The molecule has 22 heavy (non-hydrogen) atoms. The largest absolute Gasteiger partial charge is 0.465 e. The molecule has 0 aliphatic rings. The molecule has 0 fully saturated rings. The highest BCUT2D eigenvalue weighted by Gasteiger charge is 2.08. The summed E-state index contributed by atoms with van der Waals surface area (Å²) >= 11 is 0. The Morgan fingerprint density at radius 2 is 1.95 bits per heavy atom. The van der Waals surface area contributed by atoms with Crippen molar-refractivity contribution in [1.82, 2.24) is 4.98 Å². The van der Waals surface area contributed by atoms with Crippen LogP contribution in [-0.4, -0.2) is 18.1 Å². The number of methoxy groups -OCH3 is 1. The van der Waals surface area contributed by atoms with Gasteiger partial charge in [-0.2, -0.15) is 0 Å². The second kappa shape index (κ2) is 5.73. The van der Waals surface area contributed by atoms with Crippen LogP contribution in [0.2, 0.25) is 0 Å². The first-order chi connectivity index (χ1) is 10.7. The number of nitrogen functional groups attached to an aromatic ring is 1. The fourth-order valence-electron chi connectivity index (χ4n) is 2.31. The van der Waals surface area contributed by atoms with Gasteiger partial charge in [-0.15, -0.1) is 0 Å². The molecule has 0 saturated carbocycles. The lowest BCUT2D eigenvalue weighted by Gasteiger charge is -2.10. The summed E-state index contributed by atoms with van der Waals surface area (Å²) < 4.78 is 4.73. The van der Waals surface area contributed by atoms with Gasteiger partial charge in [0.25, 0.3) is 0 Å². The lowest BCUT2D eigenvalue weighted by Crippen LogP contribution is -2.02. The molecule has 0 radical (unpaired) electrons. The van der Waals surface area contributed by atoms with Crippen molar-refractivity contribution >= 4 is 33.9 Å². The highest BCUT2D eigenvalue weighted by atomic mass is 16.5. The molecule has 5 heteroatoms. The molecular formula is C17H15N3O2. The third-order valence-electron chi connectivity index (χ3n) is 3.39. The van der Waals surface area contributed by atoms with Crippen molar-refractivity contribution in [3.05, 3.63) is 60.3 Å². The summed E-state index contributed by atoms with van der Waals surface area (Å²) in [4.78, 5) is 15.9. The number of rotatable bonds is 3. The molecule has 0 unspecified atom stereocenters. The summed E-state index contributed by atoms with van der Waals surface area (Å²) in [6.45, 7) is 0. The molecule has 1 heterocycles. The van der Waals surface area contributed by atoms with Gasteiger partial charge in [-0.05, 0) is 30.3 Å². The Balaban J connectivity index is 2.00.